The first kappa shape index (κ1) is 28.4. The van der Waals surface area contributed by atoms with Crippen molar-refractivity contribution in [2.45, 2.75) is 70.3 Å². The van der Waals surface area contributed by atoms with E-state index in [1.54, 1.807) is 18.4 Å². The van der Waals surface area contributed by atoms with Gasteiger partial charge in [0.2, 0.25) is 0 Å². The van der Waals surface area contributed by atoms with Crippen molar-refractivity contribution >= 4 is 23.3 Å². The number of hydrogen-bond donors (Lipinski definition) is 1. The van der Waals surface area contributed by atoms with Crippen LogP contribution in [0.1, 0.15) is 56.6 Å². The Balaban J connectivity index is 1.34. The third kappa shape index (κ3) is 7.07. The van der Waals surface area contributed by atoms with Crippen molar-refractivity contribution in [2.24, 2.45) is 0 Å². The maximum absolute atomic E-state index is 12.6. The lowest BCUT2D eigenvalue weighted by Gasteiger charge is -2.50. The first-order chi connectivity index (χ1) is 18.3. The Morgan fingerprint density at radius 3 is 2.66 bits per heavy atom. The Morgan fingerprint density at radius 2 is 1.97 bits per heavy atom. The standard InChI is InChI=1S/C29H41N3O5S/c1-21(2)32-20-29(37-22(3)27(32)33)13-16-31(17-14-29)15-11-23-8-5-6-9-24(23)36-25(26-10-7-19-38-26)12-18-35-28(34)30-4/h5-10,19,21-22,25H,11-18,20H2,1-4H3,(H,30,34)/t22-,25?/m1/s1. The summed E-state index contributed by atoms with van der Waals surface area (Å²) in [6.07, 6.45) is 2.31. The van der Waals surface area contributed by atoms with Gasteiger partial charge in [0.15, 0.2) is 0 Å². The molecule has 1 spiro atoms. The quantitative estimate of drug-likeness (QED) is 0.470. The number of likely N-dealkylation sites (tertiary alicyclic amines) is 1. The lowest BCUT2D eigenvalue weighted by molar-refractivity contribution is -0.192. The van der Waals surface area contributed by atoms with Gasteiger partial charge in [0.25, 0.3) is 5.91 Å². The van der Waals surface area contributed by atoms with E-state index in [-0.39, 0.29) is 36.4 Å². The summed E-state index contributed by atoms with van der Waals surface area (Å²) in [6.45, 7) is 9.84. The first-order valence-corrected chi connectivity index (χ1v) is 14.5. The van der Waals surface area contributed by atoms with Crippen LogP contribution >= 0.6 is 11.3 Å². The Bertz CT molecular complexity index is 1050. The van der Waals surface area contributed by atoms with Crippen LogP contribution in [0.15, 0.2) is 41.8 Å². The molecule has 8 nitrogen and oxygen atoms in total. The average Bonchev–Trinajstić information content (AvgIpc) is 3.45. The zero-order valence-electron chi connectivity index (χ0n) is 23.0. The lowest BCUT2D eigenvalue weighted by atomic mass is 9.87. The fourth-order valence-electron chi connectivity index (χ4n) is 5.30. The molecule has 3 heterocycles. The lowest BCUT2D eigenvalue weighted by Crippen LogP contribution is -2.62. The van der Waals surface area contributed by atoms with E-state index in [1.807, 2.05) is 35.4 Å². The van der Waals surface area contributed by atoms with Crippen LogP contribution in [-0.4, -0.2) is 79.4 Å². The topological polar surface area (TPSA) is 80.3 Å². The van der Waals surface area contributed by atoms with Crippen molar-refractivity contribution in [1.29, 1.82) is 0 Å². The third-order valence-electron chi connectivity index (χ3n) is 7.52. The minimum Gasteiger partial charge on any atom is -0.484 e. The van der Waals surface area contributed by atoms with Gasteiger partial charge in [-0.1, -0.05) is 24.3 Å². The molecule has 1 unspecified atom stereocenters. The van der Waals surface area contributed by atoms with Crippen molar-refractivity contribution in [1.82, 2.24) is 15.1 Å². The number of amides is 2. The zero-order valence-corrected chi connectivity index (χ0v) is 23.8. The van der Waals surface area contributed by atoms with Crippen molar-refractivity contribution in [3.8, 4) is 5.75 Å². The predicted octanol–water partition coefficient (Wildman–Crippen LogP) is 4.65. The van der Waals surface area contributed by atoms with Crippen LogP contribution in [-0.2, 0) is 20.7 Å². The summed E-state index contributed by atoms with van der Waals surface area (Å²) in [5.41, 5.74) is 0.931. The molecular formula is C29H41N3O5S. The average molecular weight is 544 g/mol. The van der Waals surface area contributed by atoms with Gasteiger partial charge >= 0.3 is 6.09 Å². The van der Waals surface area contributed by atoms with Crippen molar-refractivity contribution in [3.63, 3.8) is 0 Å². The number of alkyl carbamates (subject to hydrolysis) is 1. The zero-order chi connectivity index (χ0) is 27.1. The number of para-hydroxylation sites is 1. The summed E-state index contributed by atoms with van der Waals surface area (Å²) in [7, 11) is 1.55. The molecule has 1 N–H and O–H groups in total. The normalized spacial score (nSPS) is 20.5. The number of carbonyl (C=O) groups excluding carboxylic acids is 2. The summed E-state index contributed by atoms with van der Waals surface area (Å²) in [5.74, 6) is 0.973. The second kappa shape index (κ2) is 13.0. The summed E-state index contributed by atoms with van der Waals surface area (Å²) < 4.78 is 18.0. The Labute approximate surface area is 230 Å². The van der Waals surface area contributed by atoms with Crippen LogP contribution in [0, 0.1) is 0 Å². The number of hydrogen-bond acceptors (Lipinski definition) is 7. The Hall–Kier alpha value is -2.62. The number of ether oxygens (including phenoxy) is 3. The smallest absolute Gasteiger partial charge is 0.406 e. The summed E-state index contributed by atoms with van der Waals surface area (Å²) >= 11 is 1.64. The number of nitrogens with one attached hydrogen (secondary N) is 1. The maximum atomic E-state index is 12.6. The highest BCUT2D eigenvalue weighted by molar-refractivity contribution is 7.10. The van der Waals surface area contributed by atoms with E-state index in [9.17, 15) is 9.59 Å². The van der Waals surface area contributed by atoms with Crippen LogP contribution in [0.5, 0.6) is 5.75 Å². The molecule has 2 fully saturated rings. The van der Waals surface area contributed by atoms with E-state index in [0.29, 0.717) is 13.0 Å². The molecule has 208 valence electrons. The first-order valence-electron chi connectivity index (χ1n) is 13.6. The number of benzene rings is 1. The molecule has 2 amide bonds. The molecule has 38 heavy (non-hydrogen) atoms. The molecule has 0 aliphatic carbocycles. The summed E-state index contributed by atoms with van der Waals surface area (Å²) in [6, 6.07) is 12.5. The van der Waals surface area contributed by atoms with Crippen molar-refractivity contribution in [2.75, 3.05) is 39.8 Å². The van der Waals surface area contributed by atoms with Gasteiger partial charge in [-0.25, -0.2) is 4.79 Å². The molecule has 2 aromatic rings. The van der Waals surface area contributed by atoms with Gasteiger partial charge in [-0.3, -0.25) is 4.79 Å². The molecule has 4 rings (SSSR count). The molecule has 2 aliphatic heterocycles. The van der Waals surface area contributed by atoms with Crippen LogP contribution < -0.4 is 10.1 Å². The second-order valence-electron chi connectivity index (χ2n) is 10.5. The molecule has 2 atom stereocenters. The van der Waals surface area contributed by atoms with Gasteiger partial charge in [0.1, 0.15) is 18.0 Å². The van der Waals surface area contributed by atoms with Gasteiger partial charge in [0.05, 0.1) is 18.8 Å². The second-order valence-corrected chi connectivity index (χ2v) is 11.5. The van der Waals surface area contributed by atoms with Gasteiger partial charge in [-0.15, -0.1) is 11.3 Å². The monoisotopic (exact) mass is 543 g/mol. The SMILES string of the molecule is CNC(=O)OCCC(Oc1ccccc1CCN1CCC2(CC1)CN(C(C)C)C(=O)[C@@H](C)O2)c1cccs1. The van der Waals surface area contributed by atoms with Gasteiger partial charge in [-0.2, -0.15) is 0 Å². The van der Waals surface area contributed by atoms with E-state index < -0.39 is 6.09 Å². The van der Waals surface area contributed by atoms with Crippen LogP contribution in [0.25, 0.3) is 0 Å². The molecule has 0 bridgehead atoms. The number of piperidine rings is 1. The third-order valence-corrected chi connectivity index (χ3v) is 8.49. The van der Waals surface area contributed by atoms with E-state index in [4.69, 9.17) is 14.2 Å². The van der Waals surface area contributed by atoms with Crippen LogP contribution in [0.4, 0.5) is 4.79 Å². The van der Waals surface area contributed by atoms with E-state index in [2.05, 4.69) is 42.3 Å². The number of rotatable bonds is 10. The molecule has 1 aromatic heterocycles. The predicted molar refractivity (Wildman–Crippen MR) is 149 cm³/mol. The van der Waals surface area contributed by atoms with E-state index >= 15 is 0 Å². The number of nitrogens with zero attached hydrogens (tertiary/aromatic N) is 2. The molecule has 2 saturated heterocycles. The molecular weight excluding hydrogens is 502 g/mol. The van der Waals surface area contributed by atoms with E-state index in [1.165, 1.54) is 5.56 Å². The largest absolute Gasteiger partial charge is 0.484 e. The minimum atomic E-state index is -0.435. The van der Waals surface area contributed by atoms with E-state index in [0.717, 1.165) is 49.5 Å². The van der Waals surface area contributed by atoms with Crippen molar-refractivity contribution < 1.29 is 23.8 Å². The van der Waals surface area contributed by atoms with Crippen LogP contribution in [0.2, 0.25) is 0 Å². The molecule has 9 heteroatoms. The summed E-state index contributed by atoms with van der Waals surface area (Å²) in [4.78, 5) is 29.6. The van der Waals surface area contributed by atoms with Gasteiger partial charge in [-0.05, 0) is 63.1 Å². The highest BCUT2D eigenvalue weighted by Gasteiger charge is 2.45. The summed E-state index contributed by atoms with van der Waals surface area (Å²) in [5, 5.41) is 4.52. The maximum Gasteiger partial charge on any atom is 0.406 e. The van der Waals surface area contributed by atoms with Crippen molar-refractivity contribution in [3.05, 3.63) is 52.2 Å². The number of morpholine rings is 1. The fraction of sp³-hybridized carbons (Fsp3) is 0.586. The fourth-order valence-corrected chi connectivity index (χ4v) is 6.09. The number of thiophene rings is 1. The molecule has 0 saturated carbocycles. The Kier molecular flexibility index (Phi) is 9.68. The Morgan fingerprint density at radius 1 is 1.21 bits per heavy atom. The highest BCUT2D eigenvalue weighted by atomic mass is 32.1. The van der Waals surface area contributed by atoms with Crippen LogP contribution in [0.3, 0.4) is 0 Å². The van der Waals surface area contributed by atoms with Gasteiger partial charge in [0, 0.05) is 44.0 Å². The molecule has 1 aromatic carbocycles. The number of carbonyl (C=O) groups is 2. The van der Waals surface area contributed by atoms with Gasteiger partial charge < -0.3 is 29.3 Å². The molecule has 0 radical (unpaired) electrons. The minimum absolute atomic E-state index is 0.103. The molecule has 2 aliphatic rings. The highest BCUT2D eigenvalue weighted by Crippen LogP contribution is 2.34.